The number of nitrogens with one attached hydrogen (secondary N) is 1. The van der Waals surface area contributed by atoms with Crippen molar-refractivity contribution in [3.8, 4) is 0 Å². The van der Waals surface area contributed by atoms with E-state index in [1.54, 1.807) is 0 Å². The van der Waals surface area contributed by atoms with Gasteiger partial charge in [-0.1, -0.05) is 0 Å². The molecule has 1 N–H and O–H groups in total. The van der Waals surface area contributed by atoms with Crippen molar-refractivity contribution < 1.29 is 26.3 Å². The minimum atomic E-state index is -4.85. The molecule has 1 fully saturated rings. The monoisotopic (exact) mass is 298 g/mol. The van der Waals surface area contributed by atoms with Crippen LogP contribution in [0.2, 0.25) is 0 Å². The zero-order chi connectivity index (χ0) is 14.9. The molecule has 1 aliphatic rings. The van der Waals surface area contributed by atoms with E-state index >= 15 is 0 Å². The molecule has 1 aromatic rings. The fourth-order valence-electron chi connectivity index (χ4n) is 2.31. The van der Waals surface area contributed by atoms with Gasteiger partial charge in [0.05, 0.1) is 5.56 Å². The maximum absolute atomic E-state index is 13.6. The number of nitrogens with zero attached hydrogens (tertiary/aromatic N) is 1. The molecule has 0 aliphatic carbocycles. The first-order chi connectivity index (χ1) is 9.30. The summed E-state index contributed by atoms with van der Waals surface area (Å²) in [5.74, 6) is -4.29. The lowest BCUT2D eigenvalue weighted by Gasteiger charge is -2.36. The van der Waals surface area contributed by atoms with E-state index in [1.807, 2.05) is 0 Å². The average Bonchev–Trinajstić information content (AvgIpc) is 2.33. The van der Waals surface area contributed by atoms with E-state index in [9.17, 15) is 26.3 Å². The van der Waals surface area contributed by atoms with Crippen LogP contribution in [0.15, 0.2) is 12.1 Å². The summed E-state index contributed by atoms with van der Waals surface area (Å²) >= 11 is 0. The van der Waals surface area contributed by atoms with Crippen molar-refractivity contribution in [3.05, 3.63) is 35.1 Å². The van der Waals surface area contributed by atoms with Gasteiger partial charge in [-0.15, -0.1) is 0 Å². The summed E-state index contributed by atoms with van der Waals surface area (Å²) in [6, 6.07) is -1.89. The highest BCUT2D eigenvalue weighted by Crippen LogP contribution is 2.40. The smallest absolute Gasteiger partial charge is 0.314 e. The summed E-state index contributed by atoms with van der Waals surface area (Å²) < 4.78 is 79.6. The predicted molar refractivity (Wildman–Crippen MR) is 59.6 cm³/mol. The van der Waals surface area contributed by atoms with E-state index in [4.69, 9.17) is 0 Å². The Kier molecular flexibility index (Phi) is 4.24. The zero-order valence-corrected chi connectivity index (χ0v) is 10.3. The molecule has 1 atom stereocenters. The van der Waals surface area contributed by atoms with Crippen molar-refractivity contribution in [2.45, 2.75) is 12.2 Å². The molecule has 1 aliphatic heterocycles. The summed E-state index contributed by atoms with van der Waals surface area (Å²) in [4.78, 5) is 0.940. The third kappa shape index (κ3) is 3.06. The van der Waals surface area contributed by atoms with Crippen LogP contribution in [0.5, 0.6) is 0 Å². The minimum Gasteiger partial charge on any atom is -0.314 e. The first-order valence-corrected chi connectivity index (χ1v) is 5.96. The first-order valence-electron chi connectivity index (χ1n) is 5.96. The van der Waals surface area contributed by atoms with Gasteiger partial charge in [-0.2, -0.15) is 13.2 Å². The highest BCUT2D eigenvalue weighted by Gasteiger charge is 2.47. The van der Waals surface area contributed by atoms with Crippen LogP contribution < -0.4 is 5.32 Å². The van der Waals surface area contributed by atoms with Gasteiger partial charge in [0, 0.05) is 38.3 Å². The SMILES string of the molecule is Fc1cc(F)c([C@H](N2CCNCC2)C(F)(F)F)c(F)c1. The van der Waals surface area contributed by atoms with E-state index in [1.165, 1.54) is 0 Å². The second-order valence-electron chi connectivity index (χ2n) is 4.51. The molecule has 0 aromatic heterocycles. The van der Waals surface area contributed by atoms with Crippen molar-refractivity contribution in [2.24, 2.45) is 0 Å². The molecule has 0 saturated carbocycles. The number of halogens is 6. The number of rotatable bonds is 2. The van der Waals surface area contributed by atoms with Gasteiger partial charge in [-0.3, -0.25) is 4.90 Å². The first kappa shape index (κ1) is 15.1. The molecular weight excluding hydrogens is 286 g/mol. The molecule has 20 heavy (non-hydrogen) atoms. The van der Waals surface area contributed by atoms with Crippen molar-refractivity contribution in [1.82, 2.24) is 10.2 Å². The second-order valence-corrected chi connectivity index (χ2v) is 4.51. The number of piperazine rings is 1. The van der Waals surface area contributed by atoms with Crippen LogP contribution in [0, 0.1) is 17.5 Å². The lowest BCUT2D eigenvalue weighted by Crippen LogP contribution is -2.49. The highest BCUT2D eigenvalue weighted by molar-refractivity contribution is 5.26. The van der Waals surface area contributed by atoms with E-state index in [2.05, 4.69) is 5.32 Å². The van der Waals surface area contributed by atoms with E-state index in [0.717, 1.165) is 4.90 Å². The molecular formula is C12H12F6N2. The Morgan fingerprint density at radius 1 is 1.00 bits per heavy atom. The molecule has 1 heterocycles. The lowest BCUT2D eigenvalue weighted by atomic mass is 10.0. The maximum Gasteiger partial charge on any atom is 0.408 e. The second kappa shape index (κ2) is 5.61. The minimum absolute atomic E-state index is 0.000430. The van der Waals surface area contributed by atoms with Crippen molar-refractivity contribution in [3.63, 3.8) is 0 Å². The van der Waals surface area contributed by atoms with Gasteiger partial charge in [0.2, 0.25) is 0 Å². The summed E-state index contributed by atoms with van der Waals surface area (Å²) in [5.41, 5.74) is -1.15. The topological polar surface area (TPSA) is 15.3 Å². The Morgan fingerprint density at radius 3 is 1.95 bits per heavy atom. The number of alkyl halides is 3. The van der Waals surface area contributed by atoms with Crippen molar-refractivity contribution in [1.29, 1.82) is 0 Å². The molecule has 0 radical (unpaired) electrons. The molecule has 112 valence electrons. The quantitative estimate of drug-likeness (QED) is 0.844. The van der Waals surface area contributed by atoms with Crippen LogP contribution in [0.4, 0.5) is 26.3 Å². The summed E-state index contributed by atoms with van der Waals surface area (Å²) in [7, 11) is 0. The Morgan fingerprint density at radius 2 is 1.50 bits per heavy atom. The maximum atomic E-state index is 13.6. The molecule has 8 heteroatoms. The molecule has 0 amide bonds. The fraction of sp³-hybridized carbons (Fsp3) is 0.500. The fourth-order valence-corrected chi connectivity index (χ4v) is 2.31. The molecule has 2 nitrogen and oxygen atoms in total. The molecule has 2 rings (SSSR count). The van der Waals surface area contributed by atoms with E-state index in [-0.39, 0.29) is 38.3 Å². The third-order valence-corrected chi connectivity index (χ3v) is 3.14. The van der Waals surface area contributed by atoms with Gasteiger partial charge in [0.25, 0.3) is 0 Å². The van der Waals surface area contributed by atoms with Crippen LogP contribution in [-0.4, -0.2) is 37.3 Å². The number of hydrogen-bond donors (Lipinski definition) is 1. The molecule has 0 bridgehead atoms. The van der Waals surface area contributed by atoms with Gasteiger partial charge in [0.15, 0.2) is 0 Å². The van der Waals surface area contributed by atoms with Gasteiger partial charge in [-0.05, 0) is 0 Å². The van der Waals surface area contributed by atoms with Crippen LogP contribution in [0.3, 0.4) is 0 Å². The van der Waals surface area contributed by atoms with Crippen LogP contribution >= 0.6 is 0 Å². The van der Waals surface area contributed by atoms with Crippen molar-refractivity contribution >= 4 is 0 Å². The normalized spacial score (nSPS) is 19.1. The van der Waals surface area contributed by atoms with E-state index < -0.39 is 35.2 Å². The zero-order valence-electron chi connectivity index (χ0n) is 10.3. The van der Waals surface area contributed by atoms with E-state index in [0.29, 0.717) is 0 Å². The van der Waals surface area contributed by atoms with Gasteiger partial charge < -0.3 is 5.32 Å². The van der Waals surface area contributed by atoms with Crippen LogP contribution in [0.1, 0.15) is 11.6 Å². The predicted octanol–water partition coefficient (Wildman–Crippen LogP) is 2.61. The standard InChI is InChI=1S/C12H12F6N2/c13-7-5-8(14)10(9(15)6-7)11(12(16,17)18)20-3-1-19-2-4-20/h5-6,11,19H,1-4H2/t11-/m0/s1. The molecule has 1 saturated heterocycles. The van der Waals surface area contributed by atoms with Crippen LogP contribution in [-0.2, 0) is 0 Å². The highest BCUT2D eigenvalue weighted by atomic mass is 19.4. The average molecular weight is 298 g/mol. The third-order valence-electron chi connectivity index (χ3n) is 3.14. The Balaban J connectivity index is 2.46. The van der Waals surface area contributed by atoms with Crippen molar-refractivity contribution in [2.75, 3.05) is 26.2 Å². The molecule has 1 aromatic carbocycles. The van der Waals surface area contributed by atoms with Gasteiger partial charge in [-0.25, -0.2) is 13.2 Å². The summed E-state index contributed by atoms with van der Waals surface area (Å²) in [6.45, 7) is 0.578. The Bertz CT molecular complexity index is 458. The molecule has 0 unspecified atom stereocenters. The molecule has 0 spiro atoms. The largest absolute Gasteiger partial charge is 0.408 e. The Labute approximate surface area is 111 Å². The Hall–Kier alpha value is -1.28. The van der Waals surface area contributed by atoms with Crippen LogP contribution in [0.25, 0.3) is 0 Å². The summed E-state index contributed by atoms with van der Waals surface area (Å²) in [6.07, 6.45) is -4.85. The summed E-state index contributed by atoms with van der Waals surface area (Å²) in [5, 5.41) is 2.85. The number of benzene rings is 1. The number of hydrogen-bond acceptors (Lipinski definition) is 2. The lowest BCUT2D eigenvalue weighted by molar-refractivity contribution is -0.189. The van der Waals surface area contributed by atoms with Gasteiger partial charge in [0.1, 0.15) is 23.5 Å². The van der Waals surface area contributed by atoms with Gasteiger partial charge >= 0.3 is 6.18 Å².